The Morgan fingerprint density at radius 2 is 2.55 bits per heavy atom. The predicted octanol–water partition coefficient (Wildman–Crippen LogP) is 1.82. The second-order valence-electron chi connectivity index (χ2n) is 2.65. The first-order valence-electron chi connectivity index (χ1n) is 3.72. The smallest absolute Gasteiger partial charge is 0.155 e. The maximum Gasteiger partial charge on any atom is 0.155 e. The summed E-state index contributed by atoms with van der Waals surface area (Å²) in [5.41, 5.74) is 0. The van der Waals surface area contributed by atoms with Crippen LogP contribution in [0, 0.1) is 0 Å². The molecule has 0 N–H and O–H groups in total. The molecule has 2 heteroatoms. The molecule has 1 rings (SSSR count). The van der Waals surface area contributed by atoms with Gasteiger partial charge >= 0.3 is 0 Å². The summed E-state index contributed by atoms with van der Waals surface area (Å²) in [6.07, 6.45) is 5.23. The fourth-order valence-electron chi connectivity index (χ4n) is 1.10. The monoisotopic (exact) mass is 152 g/mol. The second-order valence-corrected chi connectivity index (χ2v) is 2.65. The first-order valence-corrected chi connectivity index (χ1v) is 3.72. The van der Waals surface area contributed by atoms with Crippen molar-refractivity contribution in [2.45, 2.75) is 25.9 Å². The molecule has 1 atom stereocenters. The van der Waals surface area contributed by atoms with Gasteiger partial charge in [-0.15, -0.1) is 0 Å². The molecule has 11 heavy (non-hydrogen) atoms. The average molecular weight is 152 g/mol. The third-order valence-electron chi connectivity index (χ3n) is 1.61. The normalized spacial score (nSPS) is 26.6. The summed E-state index contributed by atoms with van der Waals surface area (Å²) < 4.78 is 5.34. The number of hydrogen-bond donors (Lipinski definition) is 0. The Morgan fingerprint density at radius 3 is 3.00 bits per heavy atom. The van der Waals surface area contributed by atoms with Crippen molar-refractivity contribution in [1.82, 2.24) is 0 Å². The molecule has 0 spiro atoms. The molecule has 0 aromatic carbocycles. The molecule has 0 bridgehead atoms. The van der Waals surface area contributed by atoms with Gasteiger partial charge < -0.3 is 4.74 Å². The zero-order chi connectivity index (χ0) is 8.27. The third-order valence-corrected chi connectivity index (χ3v) is 1.61. The van der Waals surface area contributed by atoms with Crippen molar-refractivity contribution >= 4 is 5.78 Å². The second kappa shape index (κ2) is 3.37. The molecule has 0 aliphatic carbocycles. The summed E-state index contributed by atoms with van der Waals surface area (Å²) in [4.78, 5) is 10.6. The van der Waals surface area contributed by atoms with Crippen molar-refractivity contribution in [1.29, 1.82) is 0 Å². The fraction of sp³-hybridized carbons (Fsp3) is 0.444. The van der Waals surface area contributed by atoms with Crippen LogP contribution in [0.1, 0.15) is 19.8 Å². The van der Waals surface area contributed by atoms with Gasteiger partial charge in [-0.25, -0.2) is 0 Å². The van der Waals surface area contributed by atoms with E-state index in [1.54, 1.807) is 12.2 Å². The number of hydrogen-bond acceptors (Lipinski definition) is 2. The lowest BCUT2D eigenvalue weighted by Gasteiger charge is -2.02. The van der Waals surface area contributed by atoms with E-state index in [9.17, 15) is 4.79 Å². The van der Waals surface area contributed by atoms with Crippen LogP contribution >= 0.6 is 0 Å². The van der Waals surface area contributed by atoms with Crippen LogP contribution in [-0.2, 0) is 9.53 Å². The molecule has 1 fully saturated rings. The van der Waals surface area contributed by atoms with E-state index in [2.05, 4.69) is 6.58 Å². The summed E-state index contributed by atoms with van der Waals surface area (Å²) in [6.45, 7) is 5.14. The molecule has 1 heterocycles. The number of ether oxygens (including phenoxy) is 1. The van der Waals surface area contributed by atoms with Crippen molar-refractivity contribution in [3.8, 4) is 0 Å². The highest BCUT2D eigenvalue weighted by molar-refractivity contribution is 5.87. The van der Waals surface area contributed by atoms with Crippen molar-refractivity contribution in [3.63, 3.8) is 0 Å². The van der Waals surface area contributed by atoms with E-state index in [0.717, 1.165) is 18.6 Å². The Balaban J connectivity index is 2.53. The standard InChI is InChI=1S/C9H12O2/c1-3-8-4-5-9(11-8)6-7(2)10/h3,6,8H,1,4-5H2,2H3/b9-6-/t8-/m0/s1. The number of allylic oxidation sites excluding steroid dienone is 2. The van der Waals surface area contributed by atoms with Gasteiger partial charge in [0.2, 0.25) is 0 Å². The van der Waals surface area contributed by atoms with E-state index in [1.807, 2.05) is 0 Å². The summed E-state index contributed by atoms with van der Waals surface area (Å²) >= 11 is 0. The maximum absolute atomic E-state index is 10.6. The summed E-state index contributed by atoms with van der Waals surface area (Å²) in [5, 5.41) is 0. The maximum atomic E-state index is 10.6. The summed E-state index contributed by atoms with van der Waals surface area (Å²) in [5.74, 6) is 0.840. The number of carbonyl (C=O) groups excluding carboxylic acids is 1. The Labute approximate surface area is 66.5 Å². The molecular weight excluding hydrogens is 140 g/mol. The molecule has 1 aliphatic heterocycles. The Morgan fingerprint density at radius 1 is 1.82 bits per heavy atom. The van der Waals surface area contributed by atoms with E-state index in [0.29, 0.717) is 0 Å². The van der Waals surface area contributed by atoms with Gasteiger partial charge in [0, 0.05) is 12.5 Å². The number of carbonyl (C=O) groups is 1. The first kappa shape index (κ1) is 8.05. The highest BCUT2D eigenvalue weighted by Gasteiger charge is 2.17. The highest BCUT2D eigenvalue weighted by Crippen LogP contribution is 2.23. The SMILES string of the molecule is C=C[C@H]1CC/C(=C/C(C)=O)O1. The molecule has 0 saturated carbocycles. The van der Waals surface area contributed by atoms with Crippen LogP contribution in [0.25, 0.3) is 0 Å². The van der Waals surface area contributed by atoms with Crippen LogP contribution in [0.3, 0.4) is 0 Å². The molecule has 0 aromatic rings. The molecule has 0 aromatic heterocycles. The Hall–Kier alpha value is -1.05. The van der Waals surface area contributed by atoms with Gasteiger partial charge in [0.25, 0.3) is 0 Å². The van der Waals surface area contributed by atoms with Crippen LogP contribution in [0.2, 0.25) is 0 Å². The van der Waals surface area contributed by atoms with Gasteiger partial charge in [0.1, 0.15) is 11.9 Å². The Bertz CT molecular complexity index is 204. The van der Waals surface area contributed by atoms with E-state index >= 15 is 0 Å². The lowest BCUT2D eigenvalue weighted by atomic mass is 10.2. The van der Waals surface area contributed by atoms with Gasteiger partial charge in [-0.1, -0.05) is 12.7 Å². The van der Waals surface area contributed by atoms with Gasteiger partial charge in [-0.05, 0) is 13.3 Å². The summed E-state index contributed by atoms with van der Waals surface area (Å²) in [6, 6.07) is 0. The van der Waals surface area contributed by atoms with Crippen LogP contribution in [0.5, 0.6) is 0 Å². The van der Waals surface area contributed by atoms with Crippen molar-refractivity contribution in [2.24, 2.45) is 0 Å². The fourth-order valence-corrected chi connectivity index (χ4v) is 1.10. The quantitative estimate of drug-likeness (QED) is 0.445. The molecule has 0 radical (unpaired) electrons. The molecular formula is C9H12O2. The van der Waals surface area contributed by atoms with Crippen LogP contribution < -0.4 is 0 Å². The van der Waals surface area contributed by atoms with E-state index in [1.165, 1.54) is 6.92 Å². The third kappa shape index (κ3) is 2.22. The molecule has 60 valence electrons. The minimum absolute atomic E-state index is 0.0460. The Kier molecular flexibility index (Phi) is 2.47. The van der Waals surface area contributed by atoms with Crippen molar-refractivity contribution in [2.75, 3.05) is 0 Å². The van der Waals surface area contributed by atoms with Crippen LogP contribution in [0.15, 0.2) is 24.5 Å². The molecule has 0 amide bonds. The number of ketones is 1. The molecule has 1 saturated heterocycles. The summed E-state index contributed by atoms with van der Waals surface area (Å²) in [7, 11) is 0. The topological polar surface area (TPSA) is 26.3 Å². The van der Waals surface area contributed by atoms with E-state index < -0.39 is 0 Å². The predicted molar refractivity (Wildman–Crippen MR) is 43.1 cm³/mol. The lowest BCUT2D eigenvalue weighted by molar-refractivity contribution is -0.112. The van der Waals surface area contributed by atoms with E-state index in [-0.39, 0.29) is 11.9 Å². The highest BCUT2D eigenvalue weighted by atomic mass is 16.5. The minimum atomic E-state index is 0.0460. The lowest BCUT2D eigenvalue weighted by Crippen LogP contribution is -1.97. The van der Waals surface area contributed by atoms with Gasteiger partial charge in [0.15, 0.2) is 5.78 Å². The molecule has 0 unspecified atom stereocenters. The largest absolute Gasteiger partial charge is 0.491 e. The number of rotatable bonds is 2. The molecule has 1 aliphatic rings. The van der Waals surface area contributed by atoms with E-state index in [4.69, 9.17) is 4.74 Å². The molecule has 2 nitrogen and oxygen atoms in total. The van der Waals surface area contributed by atoms with Crippen molar-refractivity contribution in [3.05, 3.63) is 24.5 Å². The van der Waals surface area contributed by atoms with Crippen LogP contribution in [-0.4, -0.2) is 11.9 Å². The van der Waals surface area contributed by atoms with Gasteiger partial charge in [0.05, 0.1) is 0 Å². The zero-order valence-corrected chi connectivity index (χ0v) is 6.67. The minimum Gasteiger partial charge on any atom is -0.491 e. The zero-order valence-electron chi connectivity index (χ0n) is 6.67. The first-order chi connectivity index (χ1) is 5.22. The van der Waals surface area contributed by atoms with Gasteiger partial charge in [-0.3, -0.25) is 4.79 Å². The van der Waals surface area contributed by atoms with Crippen molar-refractivity contribution < 1.29 is 9.53 Å². The average Bonchev–Trinajstić information content (AvgIpc) is 2.34. The van der Waals surface area contributed by atoms with Gasteiger partial charge in [-0.2, -0.15) is 0 Å². The van der Waals surface area contributed by atoms with Crippen LogP contribution in [0.4, 0.5) is 0 Å².